The van der Waals surface area contributed by atoms with E-state index in [9.17, 15) is 4.79 Å². The summed E-state index contributed by atoms with van der Waals surface area (Å²) in [7, 11) is 3.42. The smallest absolute Gasteiger partial charge is 0.234 e. The van der Waals surface area contributed by atoms with Crippen molar-refractivity contribution >= 4 is 17.6 Å². The molecule has 0 unspecified atom stereocenters. The van der Waals surface area contributed by atoms with Gasteiger partial charge >= 0.3 is 0 Å². The van der Waals surface area contributed by atoms with Crippen molar-refractivity contribution < 1.29 is 9.53 Å². The maximum atomic E-state index is 12.7. The summed E-state index contributed by atoms with van der Waals surface area (Å²) in [4.78, 5) is 21.4. The van der Waals surface area contributed by atoms with Gasteiger partial charge in [-0.15, -0.1) is 0 Å². The van der Waals surface area contributed by atoms with Crippen LogP contribution in [-0.4, -0.2) is 50.1 Å². The molecular formula is C20H30N4O2. The van der Waals surface area contributed by atoms with Gasteiger partial charge < -0.3 is 15.4 Å². The zero-order valence-electron chi connectivity index (χ0n) is 16.0. The molecule has 3 atom stereocenters. The van der Waals surface area contributed by atoms with Crippen LogP contribution in [0.4, 0.5) is 5.69 Å². The van der Waals surface area contributed by atoms with E-state index < -0.39 is 0 Å². The van der Waals surface area contributed by atoms with Gasteiger partial charge in [-0.25, -0.2) is 4.99 Å². The van der Waals surface area contributed by atoms with Gasteiger partial charge in [0.15, 0.2) is 5.96 Å². The highest BCUT2D eigenvalue weighted by Gasteiger charge is 2.41. The normalized spacial score (nSPS) is 26.7. The summed E-state index contributed by atoms with van der Waals surface area (Å²) in [6, 6.07) is 8.15. The minimum Gasteiger partial charge on any atom is -0.497 e. The van der Waals surface area contributed by atoms with Crippen molar-refractivity contribution in [2.45, 2.75) is 38.6 Å². The van der Waals surface area contributed by atoms with E-state index >= 15 is 0 Å². The first-order valence-electron chi connectivity index (χ1n) is 9.55. The summed E-state index contributed by atoms with van der Waals surface area (Å²) in [6.07, 6.45) is 4.01. The number of guanidine groups is 1. The molecule has 26 heavy (non-hydrogen) atoms. The van der Waals surface area contributed by atoms with Crippen LogP contribution in [0.15, 0.2) is 29.3 Å². The second-order valence-electron chi connectivity index (χ2n) is 7.32. The number of benzene rings is 1. The first kappa shape index (κ1) is 18.5. The molecule has 2 aliphatic heterocycles. The number of hydrogen-bond acceptors (Lipinski definition) is 5. The van der Waals surface area contributed by atoms with Crippen LogP contribution in [-0.2, 0) is 4.79 Å². The number of carbonyl (C=O) groups is 1. The van der Waals surface area contributed by atoms with Gasteiger partial charge in [0.2, 0.25) is 5.91 Å². The average molecular weight is 358 g/mol. The van der Waals surface area contributed by atoms with E-state index in [1.807, 2.05) is 12.1 Å². The summed E-state index contributed by atoms with van der Waals surface area (Å²) in [5.41, 5.74) is 7.20. The van der Waals surface area contributed by atoms with Gasteiger partial charge in [0, 0.05) is 31.9 Å². The third-order valence-electron chi connectivity index (χ3n) is 5.64. The van der Waals surface area contributed by atoms with Crippen molar-refractivity contribution in [2.75, 3.05) is 32.1 Å². The summed E-state index contributed by atoms with van der Waals surface area (Å²) < 4.78 is 5.36. The lowest BCUT2D eigenvalue weighted by atomic mass is 9.80. The summed E-state index contributed by atoms with van der Waals surface area (Å²) >= 11 is 0. The minimum absolute atomic E-state index is 0.0212. The van der Waals surface area contributed by atoms with Crippen molar-refractivity contribution in [3.8, 4) is 5.75 Å². The number of methoxy groups -OCH3 is 1. The SMILES string of the molecule is CCC[C@H]1C(=O)N(C)C(N)=N[C@H]1[C@@H]1CCCN(c2cccc(OC)c2)C1. The Balaban J connectivity index is 1.82. The molecule has 1 fully saturated rings. The van der Waals surface area contributed by atoms with E-state index in [4.69, 9.17) is 15.5 Å². The minimum atomic E-state index is -0.0624. The molecule has 0 radical (unpaired) electrons. The molecule has 2 heterocycles. The van der Waals surface area contributed by atoms with Crippen LogP contribution in [0.5, 0.6) is 5.75 Å². The number of carbonyl (C=O) groups excluding carboxylic acids is 1. The number of nitrogens with zero attached hydrogens (tertiary/aromatic N) is 3. The standard InChI is InChI=1S/C20H30N4O2/c1-4-7-17-18(22-20(21)23(2)19(17)25)14-8-6-11-24(13-14)15-9-5-10-16(12-15)26-3/h5,9-10,12,14,17-18H,4,6-8,11,13H2,1-3H3,(H2,21,22)/t14-,17-,18+/m1/s1. The van der Waals surface area contributed by atoms with E-state index in [1.165, 1.54) is 4.90 Å². The Morgan fingerprint density at radius 3 is 2.92 bits per heavy atom. The maximum absolute atomic E-state index is 12.7. The van der Waals surface area contributed by atoms with Gasteiger partial charge in [-0.3, -0.25) is 9.69 Å². The largest absolute Gasteiger partial charge is 0.497 e. The van der Waals surface area contributed by atoms with E-state index in [0.717, 1.165) is 50.2 Å². The van der Waals surface area contributed by atoms with Crippen molar-refractivity contribution in [3.05, 3.63) is 24.3 Å². The lowest BCUT2D eigenvalue weighted by Gasteiger charge is -2.42. The zero-order chi connectivity index (χ0) is 18.7. The Morgan fingerprint density at radius 1 is 1.38 bits per heavy atom. The summed E-state index contributed by atoms with van der Waals surface area (Å²) in [5.74, 6) is 1.61. The number of anilines is 1. The van der Waals surface area contributed by atoms with Crippen molar-refractivity contribution in [3.63, 3.8) is 0 Å². The van der Waals surface area contributed by atoms with E-state index in [0.29, 0.717) is 11.9 Å². The zero-order valence-corrected chi connectivity index (χ0v) is 16.0. The van der Waals surface area contributed by atoms with Crippen LogP contribution >= 0.6 is 0 Å². The fraction of sp³-hybridized carbons (Fsp3) is 0.600. The number of piperidine rings is 1. The molecule has 0 saturated carbocycles. The molecule has 6 nitrogen and oxygen atoms in total. The molecule has 0 aliphatic carbocycles. The molecule has 1 aromatic rings. The molecule has 2 aliphatic rings. The number of aliphatic imine (C=N–C) groups is 1. The Hall–Kier alpha value is -2.24. The molecule has 1 saturated heterocycles. The van der Waals surface area contributed by atoms with Gasteiger partial charge in [0.05, 0.1) is 19.1 Å². The van der Waals surface area contributed by atoms with Crippen LogP contribution in [0, 0.1) is 11.8 Å². The molecule has 1 amide bonds. The number of ether oxygens (including phenoxy) is 1. The first-order chi connectivity index (χ1) is 12.5. The maximum Gasteiger partial charge on any atom is 0.234 e. The quantitative estimate of drug-likeness (QED) is 0.878. The summed E-state index contributed by atoms with van der Waals surface area (Å²) in [5, 5.41) is 0. The highest BCUT2D eigenvalue weighted by molar-refractivity contribution is 5.99. The van der Waals surface area contributed by atoms with Crippen LogP contribution in [0.2, 0.25) is 0 Å². The average Bonchev–Trinajstić information content (AvgIpc) is 2.68. The van der Waals surface area contributed by atoms with Gasteiger partial charge in [0.1, 0.15) is 5.75 Å². The Labute approximate surface area is 156 Å². The number of rotatable bonds is 5. The lowest BCUT2D eigenvalue weighted by Crippen LogP contribution is -2.54. The van der Waals surface area contributed by atoms with Gasteiger partial charge in [0.25, 0.3) is 0 Å². The fourth-order valence-electron chi connectivity index (χ4n) is 4.21. The van der Waals surface area contributed by atoms with Crippen LogP contribution in [0.1, 0.15) is 32.6 Å². The molecule has 3 rings (SSSR count). The summed E-state index contributed by atoms with van der Waals surface area (Å²) in [6.45, 7) is 4.03. The van der Waals surface area contributed by atoms with E-state index in [1.54, 1.807) is 14.2 Å². The number of amides is 1. The molecule has 1 aromatic carbocycles. The Kier molecular flexibility index (Phi) is 5.69. The molecule has 0 spiro atoms. The number of hydrogen-bond donors (Lipinski definition) is 1. The topological polar surface area (TPSA) is 71.2 Å². The van der Waals surface area contributed by atoms with Crippen LogP contribution in [0.3, 0.4) is 0 Å². The second kappa shape index (κ2) is 7.98. The van der Waals surface area contributed by atoms with Crippen LogP contribution < -0.4 is 15.4 Å². The molecule has 0 bridgehead atoms. The third kappa shape index (κ3) is 3.64. The fourth-order valence-corrected chi connectivity index (χ4v) is 4.21. The predicted octanol–water partition coefficient (Wildman–Crippen LogP) is 2.48. The molecule has 142 valence electrons. The second-order valence-corrected chi connectivity index (χ2v) is 7.32. The number of nitrogens with two attached hydrogens (primary N) is 1. The molecular weight excluding hydrogens is 328 g/mol. The van der Waals surface area contributed by atoms with Gasteiger partial charge in [-0.05, 0) is 37.3 Å². The van der Waals surface area contributed by atoms with Crippen molar-refractivity contribution in [1.29, 1.82) is 0 Å². The van der Waals surface area contributed by atoms with Crippen LogP contribution in [0.25, 0.3) is 0 Å². The third-order valence-corrected chi connectivity index (χ3v) is 5.64. The van der Waals surface area contributed by atoms with Crippen molar-refractivity contribution in [2.24, 2.45) is 22.6 Å². The highest BCUT2D eigenvalue weighted by Crippen LogP contribution is 2.34. The van der Waals surface area contributed by atoms with E-state index in [2.05, 4.69) is 24.0 Å². The van der Waals surface area contributed by atoms with Gasteiger partial charge in [-0.2, -0.15) is 0 Å². The van der Waals surface area contributed by atoms with Gasteiger partial charge in [-0.1, -0.05) is 19.4 Å². The Bertz CT molecular complexity index is 676. The molecule has 2 N–H and O–H groups in total. The molecule has 6 heteroatoms. The Morgan fingerprint density at radius 2 is 2.19 bits per heavy atom. The first-order valence-corrected chi connectivity index (χ1v) is 9.55. The lowest BCUT2D eigenvalue weighted by molar-refractivity contribution is -0.133. The predicted molar refractivity (Wildman–Crippen MR) is 105 cm³/mol. The highest BCUT2D eigenvalue weighted by atomic mass is 16.5. The molecule has 0 aromatic heterocycles. The van der Waals surface area contributed by atoms with Crippen molar-refractivity contribution in [1.82, 2.24) is 4.90 Å². The van der Waals surface area contributed by atoms with E-state index in [-0.39, 0.29) is 17.9 Å². The monoisotopic (exact) mass is 358 g/mol.